The number of aryl methyl sites for hydroxylation is 1. The second-order valence-corrected chi connectivity index (χ2v) is 5.73. The first kappa shape index (κ1) is 18.0. The smallest absolute Gasteiger partial charge is 0.355 e. The van der Waals surface area contributed by atoms with E-state index in [0.717, 1.165) is 0 Å². The summed E-state index contributed by atoms with van der Waals surface area (Å²) in [6, 6.07) is 2.82. The van der Waals surface area contributed by atoms with Crippen molar-refractivity contribution in [2.45, 2.75) is 6.92 Å². The molecule has 2 rings (SSSR count). The summed E-state index contributed by atoms with van der Waals surface area (Å²) in [5, 5.41) is 2.89. The van der Waals surface area contributed by atoms with E-state index >= 15 is 0 Å². The Morgan fingerprint density at radius 1 is 1.29 bits per heavy atom. The molecule has 0 radical (unpaired) electrons. The number of ketones is 1. The summed E-state index contributed by atoms with van der Waals surface area (Å²) in [6.45, 7) is 0.862. The molecule has 2 aromatic heterocycles. The number of hydrogen-bond acceptors (Lipinski definition) is 5. The second kappa shape index (κ2) is 7.46. The number of carbonyl (C=O) groups is 3. The topological polar surface area (TPSA) is 90.3 Å². The SMILES string of the molecule is CC(=O)c1cc(C(=O)OCC(=O)Nc2ncc(Cl)cc2Cl)n(C)c1. The number of rotatable bonds is 5. The Balaban J connectivity index is 1.96. The molecule has 0 spiro atoms. The maximum atomic E-state index is 12.0. The Kier molecular flexibility index (Phi) is 5.58. The average Bonchev–Trinajstić information content (AvgIpc) is 2.90. The number of ether oxygens (including phenoxy) is 1. The van der Waals surface area contributed by atoms with E-state index in [1.165, 1.54) is 36.0 Å². The lowest BCUT2D eigenvalue weighted by Gasteiger charge is -2.07. The van der Waals surface area contributed by atoms with Crippen LogP contribution in [0.15, 0.2) is 24.5 Å². The van der Waals surface area contributed by atoms with Gasteiger partial charge in [0.2, 0.25) is 0 Å². The molecular weight excluding hydrogens is 357 g/mol. The standard InChI is InChI=1S/C15H13Cl2N3O4/c1-8(21)9-3-12(20(2)6-9)15(23)24-7-13(22)19-14-11(17)4-10(16)5-18-14/h3-6H,7H2,1-2H3,(H,18,19,22). The molecule has 0 atom stereocenters. The number of Topliss-reactive ketones (excluding diaryl/α,β-unsaturated/α-hetero) is 1. The van der Waals surface area contributed by atoms with Gasteiger partial charge in [0, 0.05) is 25.0 Å². The number of anilines is 1. The van der Waals surface area contributed by atoms with E-state index in [1.807, 2.05) is 0 Å². The molecule has 0 aliphatic heterocycles. The van der Waals surface area contributed by atoms with Gasteiger partial charge in [0.05, 0.1) is 10.0 Å². The van der Waals surface area contributed by atoms with E-state index in [0.29, 0.717) is 10.6 Å². The molecule has 24 heavy (non-hydrogen) atoms. The first-order valence-electron chi connectivity index (χ1n) is 6.73. The molecule has 0 fully saturated rings. The van der Waals surface area contributed by atoms with Crippen molar-refractivity contribution in [1.29, 1.82) is 0 Å². The Morgan fingerprint density at radius 3 is 2.58 bits per heavy atom. The molecular formula is C15H13Cl2N3O4. The third kappa shape index (κ3) is 4.33. The molecule has 9 heteroatoms. The highest BCUT2D eigenvalue weighted by molar-refractivity contribution is 6.36. The Hall–Kier alpha value is -2.38. The lowest BCUT2D eigenvalue weighted by Crippen LogP contribution is -2.22. The molecule has 0 aliphatic rings. The summed E-state index contributed by atoms with van der Waals surface area (Å²) in [7, 11) is 1.60. The van der Waals surface area contributed by atoms with Crippen LogP contribution in [0.4, 0.5) is 5.82 Å². The fraction of sp³-hybridized carbons (Fsp3) is 0.200. The van der Waals surface area contributed by atoms with Crippen molar-refractivity contribution in [1.82, 2.24) is 9.55 Å². The minimum absolute atomic E-state index is 0.111. The molecule has 126 valence electrons. The minimum atomic E-state index is -0.727. The van der Waals surface area contributed by atoms with Crippen molar-refractivity contribution < 1.29 is 19.1 Å². The van der Waals surface area contributed by atoms with Gasteiger partial charge in [0.25, 0.3) is 5.91 Å². The number of pyridine rings is 1. The van der Waals surface area contributed by atoms with Crippen LogP contribution in [-0.2, 0) is 16.6 Å². The molecule has 0 unspecified atom stereocenters. The highest BCUT2D eigenvalue weighted by atomic mass is 35.5. The molecule has 0 bridgehead atoms. The van der Waals surface area contributed by atoms with Gasteiger partial charge < -0.3 is 14.6 Å². The van der Waals surface area contributed by atoms with Gasteiger partial charge >= 0.3 is 5.97 Å². The molecule has 1 amide bonds. The van der Waals surface area contributed by atoms with Crippen LogP contribution >= 0.6 is 23.2 Å². The molecule has 0 aliphatic carbocycles. The van der Waals surface area contributed by atoms with E-state index in [4.69, 9.17) is 27.9 Å². The van der Waals surface area contributed by atoms with Crippen LogP contribution in [-0.4, -0.2) is 33.8 Å². The largest absolute Gasteiger partial charge is 0.451 e. The highest BCUT2D eigenvalue weighted by Crippen LogP contribution is 2.22. The van der Waals surface area contributed by atoms with Gasteiger partial charge in [0.1, 0.15) is 5.69 Å². The number of nitrogens with zero attached hydrogens (tertiary/aromatic N) is 2. The summed E-state index contributed by atoms with van der Waals surface area (Å²) < 4.78 is 6.37. The quantitative estimate of drug-likeness (QED) is 0.646. The Labute approximate surface area is 147 Å². The van der Waals surface area contributed by atoms with Crippen molar-refractivity contribution in [3.8, 4) is 0 Å². The second-order valence-electron chi connectivity index (χ2n) is 4.89. The highest BCUT2D eigenvalue weighted by Gasteiger charge is 2.17. The average molecular weight is 370 g/mol. The maximum absolute atomic E-state index is 12.0. The lowest BCUT2D eigenvalue weighted by molar-refractivity contribution is -0.119. The van der Waals surface area contributed by atoms with Crippen molar-refractivity contribution >= 4 is 46.7 Å². The molecule has 2 aromatic rings. The number of hydrogen-bond donors (Lipinski definition) is 1. The molecule has 2 heterocycles. The van der Waals surface area contributed by atoms with Crippen LogP contribution in [0.3, 0.4) is 0 Å². The summed E-state index contributed by atoms with van der Waals surface area (Å²) >= 11 is 11.6. The number of amides is 1. The third-order valence-electron chi connectivity index (χ3n) is 3.02. The van der Waals surface area contributed by atoms with Crippen LogP contribution in [0.1, 0.15) is 27.8 Å². The number of esters is 1. The predicted octanol–water partition coefficient (Wildman–Crippen LogP) is 2.73. The Bertz CT molecular complexity index is 817. The number of carbonyl (C=O) groups excluding carboxylic acids is 3. The minimum Gasteiger partial charge on any atom is -0.451 e. The Morgan fingerprint density at radius 2 is 2.00 bits per heavy atom. The van der Waals surface area contributed by atoms with Crippen molar-refractivity contribution in [2.75, 3.05) is 11.9 Å². The summed E-state index contributed by atoms with van der Waals surface area (Å²) in [5.41, 5.74) is 0.543. The van der Waals surface area contributed by atoms with Gasteiger partial charge in [-0.3, -0.25) is 9.59 Å². The van der Waals surface area contributed by atoms with E-state index in [-0.39, 0.29) is 22.3 Å². The zero-order chi connectivity index (χ0) is 17.9. The summed E-state index contributed by atoms with van der Waals surface area (Å²) in [5.74, 6) is -1.40. The van der Waals surface area contributed by atoms with E-state index < -0.39 is 18.5 Å². The number of nitrogens with one attached hydrogen (secondary N) is 1. The van der Waals surface area contributed by atoms with E-state index in [1.54, 1.807) is 7.05 Å². The molecule has 0 saturated carbocycles. The number of halogens is 2. The summed E-state index contributed by atoms with van der Waals surface area (Å²) in [6.07, 6.45) is 2.83. The van der Waals surface area contributed by atoms with Crippen LogP contribution in [0.25, 0.3) is 0 Å². The fourth-order valence-corrected chi connectivity index (χ4v) is 2.27. The van der Waals surface area contributed by atoms with Crippen LogP contribution < -0.4 is 5.32 Å². The zero-order valence-electron chi connectivity index (χ0n) is 12.8. The van der Waals surface area contributed by atoms with Crippen molar-refractivity contribution in [3.05, 3.63) is 45.8 Å². The van der Waals surface area contributed by atoms with E-state index in [9.17, 15) is 14.4 Å². The van der Waals surface area contributed by atoms with Crippen LogP contribution in [0.2, 0.25) is 10.0 Å². The van der Waals surface area contributed by atoms with E-state index in [2.05, 4.69) is 10.3 Å². The van der Waals surface area contributed by atoms with Gasteiger partial charge in [-0.25, -0.2) is 9.78 Å². The van der Waals surface area contributed by atoms with Gasteiger partial charge in [0.15, 0.2) is 18.2 Å². The third-order valence-corrected chi connectivity index (χ3v) is 3.52. The predicted molar refractivity (Wildman–Crippen MR) is 88.6 cm³/mol. The monoisotopic (exact) mass is 369 g/mol. The fourth-order valence-electron chi connectivity index (χ4n) is 1.84. The lowest BCUT2D eigenvalue weighted by atomic mass is 10.2. The van der Waals surface area contributed by atoms with Gasteiger partial charge in [-0.05, 0) is 19.1 Å². The first-order valence-corrected chi connectivity index (χ1v) is 7.49. The molecule has 0 saturated heterocycles. The van der Waals surface area contributed by atoms with Crippen LogP contribution in [0, 0.1) is 0 Å². The molecule has 7 nitrogen and oxygen atoms in total. The van der Waals surface area contributed by atoms with Gasteiger partial charge in [-0.15, -0.1) is 0 Å². The van der Waals surface area contributed by atoms with Crippen LogP contribution in [0.5, 0.6) is 0 Å². The summed E-state index contributed by atoms with van der Waals surface area (Å²) in [4.78, 5) is 38.9. The maximum Gasteiger partial charge on any atom is 0.355 e. The van der Waals surface area contributed by atoms with Gasteiger partial charge in [-0.2, -0.15) is 0 Å². The first-order chi connectivity index (χ1) is 11.3. The normalized spacial score (nSPS) is 10.3. The van der Waals surface area contributed by atoms with Gasteiger partial charge in [-0.1, -0.05) is 23.2 Å². The number of aromatic nitrogens is 2. The van der Waals surface area contributed by atoms with Crippen molar-refractivity contribution in [3.63, 3.8) is 0 Å². The molecule has 0 aromatic carbocycles. The zero-order valence-corrected chi connectivity index (χ0v) is 14.3. The molecule has 1 N–H and O–H groups in total. The van der Waals surface area contributed by atoms with Crippen molar-refractivity contribution in [2.24, 2.45) is 7.05 Å².